The molecule has 2 unspecified atom stereocenters. The van der Waals surface area contributed by atoms with Gasteiger partial charge in [-0.05, 0) is 24.7 Å². The summed E-state index contributed by atoms with van der Waals surface area (Å²) in [6.07, 6.45) is 1.18. The minimum atomic E-state index is -0.346. The van der Waals surface area contributed by atoms with E-state index in [2.05, 4.69) is 12.2 Å². The van der Waals surface area contributed by atoms with Crippen molar-refractivity contribution < 1.29 is 4.92 Å². The molecule has 0 spiro atoms. The van der Waals surface area contributed by atoms with Crippen molar-refractivity contribution in [1.82, 2.24) is 5.32 Å². The van der Waals surface area contributed by atoms with Gasteiger partial charge < -0.3 is 5.32 Å². The third-order valence-corrected chi connectivity index (χ3v) is 4.16. The largest absolute Gasteiger partial charge is 0.307 e. The highest BCUT2D eigenvalue weighted by Gasteiger charge is 2.18. The second-order valence-electron chi connectivity index (χ2n) is 4.30. The zero-order valence-electron chi connectivity index (χ0n) is 9.76. The molecule has 1 aromatic rings. The number of thioether (sulfide) groups is 1. The Labute approximate surface area is 105 Å². The summed E-state index contributed by atoms with van der Waals surface area (Å²) in [4.78, 5) is 10.4. The van der Waals surface area contributed by atoms with Crippen molar-refractivity contribution in [2.45, 2.75) is 25.4 Å². The van der Waals surface area contributed by atoms with Crippen molar-refractivity contribution in [2.24, 2.45) is 0 Å². The monoisotopic (exact) mass is 252 g/mol. The minimum absolute atomic E-state index is 0.164. The van der Waals surface area contributed by atoms with E-state index in [0.717, 1.165) is 11.3 Å². The van der Waals surface area contributed by atoms with Crippen molar-refractivity contribution in [2.75, 3.05) is 11.5 Å². The molecule has 0 amide bonds. The second-order valence-corrected chi connectivity index (χ2v) is 5.45. The molecule has 92 valence electrons. The molecule has 1 aromatic carbocycles. The zero-order valence-corrected chi connectivity index (χ0v) is 10.6. The number of nitrogens with one attached hydrogen (secondary N) is 1. The first-order chi connectivity index (χ1) is 8.16. The molecule has 0 saturated carbocycles. The molecule has 1 aliphatic heterocycles. The summed E-state index contributed by atoms with van der Waals surface area (Å²) in [5.41, 5.74) is 1.15. The topological polar surface area (TPSA) is 55.2 Å². The van der Waals surface area contributed by atoms with Crippen LogP contribution in [-0.4, -0.2) is 22.5 Å². The summed E-state index contributed by atoms with van der Waals surface area (Å²) in [5.74, 6) is 2.35. The first-order valence-electron chi connectivity index (χ1n) is 5.75. The van der Waals surface area contributed by atoms with Crippen LogP contribution in [0.3, 0.4) is 0 Å². The van der Waals surface area contributed by atoms with Crippen LogP contribution in [0, 0.1) is 10.1 Å². The van der Waals surface area contributed by atoms with E-state index in [1.807, 2.05) is 17.8 Å². The number of rotatable bonds is 4. The average molecular weight is 252 g/mol. The fourth-order valence-electron chi connectivity index (χ4n) is 2.02. The minimum Gasteiger partial charge on any atom is -0.307 e. The van der Waals surface area contributed by atoms with Crippen molar-refractivity contribution in [1.29, 1.82) is 0 Å². The van der Waals surface area contributed by atoms with Crippen LogP contribution in [0.4, 0.5) is 5.69 Å². The van der Waals surface area contributed by atoms with Gasteiger partial charge in [-0.25, -0.2) is 0 Å². The van der Waals surface area contributed by atoms with Crippen molar-refractivity contribution in [3.05, 3.63) is 39.9 Å². The van der Waals surface area contributed by atoms with E-state index in [9.17, 15) is 10.1 Å². The van der Waals surface area contributed by atoms with E-state index in [0.29, 0.717) is 6.04 Å². The summed E-state index contributed by atoms with van der Waals surface area (Å²) < 4.78 is 0. The lowest BCUT2D eigenvalue weighted by Gasteiger charge is -2.18. The number of nitro groups is 1. The van der Waals surface area contributed by atoms with Gasteiger partial charge in [0, 0.05) is 30.0 Å². The molecule has 2 atom stereocenters. The highest BCUT2D eigenvalue weighted by Crippen LogP contribution is 2.23. The molecule has 1 N–H and O–H groups in total. The summed E-state index contributed by atoms with van der Waals surface area (Å²) in [6.45, 7) is 2.06. The Morgan fingerprint density at radius 1 is 1.59 bits per heavy atom. The first-order valence-corrected chi connectivity index (χ1v) is 6.90. The number of hydrogen-bond acceptors (Lipinski definition) is 4. The Morgan fingerprint density at radius 2 is 2.41 bits per heavy atom. The van der Waals surface area contributed by atoms with Crippen LogP contribution < -0.4 is 5.32 Å². The summed E-state index contributed by atoms with van der Waals surface area (Å²) in [5, 5.41) is 14.2. The van der Waals surface area contributed by atoms with Crippen LogP contribution >= 0.6 is 11.8 Å². The molecule has 1 saturated heterocycles. The van der Waals surface area contributed by atoms with Gasteiger partial charge in [0.2, 0.25) is 0 Å². The van der Waals surface area contributed by atoms with E-state index in [1.54, 1.807) is 12.1 Å². The van der Waals surface area contributed by atoms with Crippen LogP contribution in [0.1, 0.15) is 24.9 Å². The third kappa shape index (κ3) is 3.20. The standard InChI is InChI=1S/C12H16N2O2S/c1-9(13-11-5-6-17-8-11)10-3-2-4-12(7-10)14(15)16/h2-4,7,9,11,13H,5-6,8H2,1H3. The van der Waals surface area contributed by atoms with Gasteiger partial charge in [-0.1, -0.05) is 12.1 Å². The fourth-order valence-corrected chi connectivity index (χ4v) is 3.19. The van der Waals surface area contributed by atoms with E-state index in [1.165, 1.54) is 18.2 Å². The smallest absolute Gasteiger partial charge is 0.269 e. The van der Waals surface area contributed by atoms with E-state index in [-0.39, 0.29) is 16.7 Å². The Bertz CT molecular complexity index is 405. The van der Waals surface area contributed by atoms with E-state index >= 15 is 0 Å². The number of nitrogens with zero attached hydrogens (tertiary/aromatic N) is 1. The maximum Gasteiger partial charge on any atom is 0.269 e. The van der Waals surface area contributed by atoms with E-state index in [4.69, 9.17) is 0 Å². The lowest BCUT2D eigenvalue weighted by Crippen LogP contribution is -2.31. The highest BCUT2D eigenvalue weighted by atomic mass is 32.2. The van der Waals surface area contributed by atoms with Crippen molar-refractivity contribution in [3.63, 3.8) is 0 Å². The molecular weight excluding hydrogens is 236 g/mol. The lowest BCUT2D eigenvalue weighted by molar-refractivity contribution is -0.384. The van der Waals surface area contributed by atoms with Crippen LogP contribution in [-0.2, 0) is 0 Å². The Kier molecular flexibility index (Phi) is 4.02. The fraction of sp³-hybridized carbons (Fsp3) is 0.500. The third-order valence-electron chi connectivity index (χ3n) is 3.00. The Hall–Kier alpha value is -1.07. The molecule has 0 aliphatic carbocycles. The molecule has 1 aliphatic rings. The molecule has 2 rings (SSSR count). The molecule has 17 heavy (non-hydrogen) atoms. The second kappa shape index (κ2) is 5.51. The maximum absolute atomic E-state index is 10.7. The first kappa shape index (κ1) is 12.4. The Balaban J connectivity index is 2.04. The van der Waals surface area contributed by atoms with Gasteiger partial charge in [0.25, 0.3) is 5.69 Å². The predicted molar refractivity (Wildman–Crippen MR) is 70.4 cm³/mol. The summed E-state index contributed by atoms with van der Waals surface area (Å²) in [6, 6.07) is 7.57. The average Bonchev–Trinajstić information content (AvgIpc) is 2.82. The lowest BCUT2D eigenvalue weighted by atomic mass is 10.1. The van der Waals surface area contributed by atoms with Gasteiger partial charge in [-0.15, -0.1) is 0 Å². The number of hydrogen-bond donors (Lipinski definition) is 1. The van der Waals surface area contributed by atoms with Crippen molar-refractivity contribution in [3.8, 4) is 0 Å². The maximum atomic E-state index is 10.7. The van der Waals surface area contributed by atoms with Gasteiger partial charge in [0.1, 0.15) is 0 Å². The van der Waals surface area contributed by atoms with Gasteiger partial charge in [-0.3, -0.25) is 10.1 Å². The van der Waals surface area contributed by atoms with Crippen LogP contribution in [0.2, 0.25) is 0 Å². The SMILES string of the molecule is CC(NC1CCSC1)c1cccc([N+](=O)[O-])c1. The van der Waals surface area contributed by atoms with Gasteiger partial charge in [0.05, 0.1) is 4.92 Å². The molecule has 4 nitrogen and oxygen atoms in total. The molecule has 0 aromatic heterocycles. The molecule has 5 heteroatoms. The molecule has 1 fully saturated rings. The predicted octanol–water partition coefficient (Wildman–Crippen LogP) is 2.75. The molecule has 0 radical (unpaired) electrons. The molecular formula is C12H16N2O2S. The summed E-state index contributed by atoms with van der Waals surface area (Å²) in [7, 11) is 0. The quantitative estimate of drug-likeness (QED) is 0.661. The Morgan fingerprint density at radius 3 is 3.06 bits per heavy atom. The summed E-state index contributed by atoms with van der Waals surface area (Å²) >= 11 is 1.96. The normalized spacial score (nSPS) is 21.4. The zero-order chi connectivity index (χ0) is 12.3. The molecule has 1 heterocycles. The number of nitro benzene ring substituents is 1. The van der Waals surface area contributed by atoms with E-state index < -0.39 is 0 Å². The van der Waals surface area contributed by atoms with Gasteiger partial charge in [-0.2, -0.15) is 11.8 Å². The highest BCUT2D eigenvalue weighted by molar-refractivity contribution is 7.99. The van der Waals surface area contributed by atoms with Crippen molar-refractivity contribution >= 4 is 17.4 Å². The van der Waals surface area contributed by atoms with Crippen LogP contribution in [0.15, 0.2) is 24.3 Å². The number of benzene rings is 1. The van der Waals surface area contributed by atoms with Gasteiger partial charge in [0.15, 0.2) is 0 Å². The van der Waals surface area contributed by atoms with Crippen LogP contribution in [0.25, 0.3) is 0 Å². The van der Waals surface area contributed by atoms with Crippen LogP contribution in [0.5, 0.6) is 0 Å². The molecule has 0 bridgehead atoms. The number of non-ortho nitro benzene ring substituents is 1. The van der Waals surface area contributed by atoms with Gasteiger partial charge >= 0.3 is 0 Å².